The molecule has 1 fully saturated rings. The van der Waals surface area contributed by atoms with E-state index >= 15 is 0 Å². The number of hydrogen-bond donors (Lipinski definition) is 1. The highest BCUT2D eigenvalue weighted by Crippen LogP contribution is 2.56. The monoisotopic (exact) mass is 185 g/mol. The van der Waals surface area contributed by atoms with Crippen molar-refractivity contribution in [1.82, 2.24) is 0 Å². The SMILES string of the molecule is CC1(C)[C@@H](N)[C@@H]1C(F)C(F)(F)F. The van der Waals surface area contributed by atoms with Gasteiger partial charge in [0.15, 0.2) is 6.17 Å². The van der Waals surface area contributed by atoms with Crippen LogP contribution in [0.15, 0.2) is 0 Å². The van der Waals surface area contributed by atoms with Crippen molar-refractivity contribution in [2.24, 2.45) is 17.1 Å². The lowest BCUT2D eigenvalue weighted by Crippen LogP contribution is -2.29. The molecule has 1 saturated carbocycles. The average molecular weight is 185 g/mol. The lowest BCUT2D eigenvalue weighted by atomic mass is 10.1. The minimum atomic E-state index is -4.77. The number of alkyl halides is 4. The summed E-state index contributed by atoms with van der Waals surface area (Å²) in [5, 5.41) is 0. The van der Waals surface area contributed by atoms with Crippen LogP contribution in [-0.4, -0.2) is 18.4 Å². The van der Waals surface area contributed by atoms with Gasteiger partial charge in [0.25, 0.3) is 0 Å². The minimum absolute atomic E-state index is 0.672. The van der Waals surface area contributed by atoms with E-state index in [9.17, 15) is 17.6 Å². The van der Waals surface area contributed by atoms with Gasteiger partial charge in [-0.15, -0.1) is 0 Å². The molecule has 1 unspecified atom stereocenters. The van der Waals surface area contributed by atoms with E-state index in [-0.39, 0.29) is 0 Å². The normalized spacial score (nSPS) is 36.2. The molecule has 3 atom stereocenters. The van der Waals surface area contributed by atoms with Crippen LogP contribution < -0.4 is 5.73 Å². The summed E-state index contributed by atoms with van der Waals surface area (Å²) >= 11 is 0. The topological polar surface area (TPSA) is 26.0 Å². The van der Waals surface area contributed by atoms with Crippen LogP contribution in [0.25, 0.3) is 0 Å². The maximum atomic E-state index is 12.6. The van der Waals surface area contributed by atoms with Crippen LogP contribution in [0, 0.1) is 11.3 Å². The van der Waals surface area contributed by atoms with E-state index in [0.717, 1.165) is 0 Å². The first-order valence-corrected chi connectivity index (χ1v) is 3.65. The molecule has 0 saturated heterocycles. The van der Waals surface area contributed by atoms with Crippen molar-refractivity contribution in [2.45, 2.75) is 32.2 Å². The molecule has 5 heteroatoms. The molecule has 0 radical (unpaired) electrons. The van der Waals surface area contributed by atoms with E-state index < -0.39 is 29.7 Å². The van der Waals surface area contributed by atoms with Crippen LogP contribution in [-0.2, 0) is 0 Å². The lowest BCUT2D eigenvalue weighted by molar-refractivity contribution is -0.188. The Kier molecular flexibility index (Phi) is 1.90. The van der Waals surface area contributed by atoms with Crippen LogP contribution in [0.3, 0.4) is 0 Å². The summed E-state index contributed by atoms with van der Waals surface area (Å²) in [5.74, 6) is -1.07. The molecule has 0 spiro atoms. The fourth-order valence-electron chi connectivity index (χ4n) is 1.48. The third-order valence-electron chi connectivity index (χ3n) is 2.62. The van der Waals surface area contributed by atoms with E-state index in [1.165, 1.54) is 0 Å². The molecule has 72 valence electrons. The van der Waals surface area contributed by atoms with Gasteiger partial charge >= 0.3 is 6.18 Å². The highest BCUT2D eigenvalue weighted by atomic mass is 19.4. The van der Waals surface area contributed by atoms with Crippen LogP contribution in [0.5, 0.6) is 0 Å². The Bertz CT molecular complexity index is 176. The Morgan fingerprint density at radius 2 is 1.67 bits per heavy atom. The molecule has 2 N–H and O–H groups in total. The van der Waals surface area contributed by atoms with Gasteiger partial charge in [-0.25, -0.2) is 4.39 Å². The third kappa shape index (κ3) is 1.30. The molecule has 0 aliphatic heterocycles. The first kappa shape index (κ1) is 9.77. The minimum Gasteiger partial charge on any atom is -0.327 e. The highest BCUT2D eigenvalue weighted by Gasteiger charge is 2.65. The van der Waals surface area contributed by atoms with Crippen LogP contribution in [0.2, 0.25) is 0 Å². The molecule has 1 rings (SSSR count). The molecule has 0 heterocycles. The molecule has 0 aromatic rings. The standard InChI is InChI=1S/C7H11F4N/c1-6(2)3(5(6)12)4(8)7(9,10)11/h3-5H,12H2,1-2H3/t3-,4?,5-/m0/s1. The fourth-order valence-corrected chi connectivity index (χ4v) is 1.48. The van der Waals surface area contributed by atoms with Crippen molar-refractivity contribution < 1.29 is 17.6 Å². The Hall–Kier alpha value is -0.320. The number of halogens is 4. The smallest absolute Gasteiger partial charge is 0.327 e. The van der Waals surface area contributed by atoms with Gasteiger partial charge in [0, 0.05) is 12.0 Å². The quantitative estimate of drug-likeness (QED) is 0.620. The summed E-state index contributed by atoms with van der Waals surface area (Å²) in [4.78, 5) is 0. The summed E-state index contributed by atoms with van der Waals surface area (Å²) in [6.45, 7) is 3.08. The zero-order valence-electron chi connectivity index (χ0n) is 6.82. The largest absolute Gasteiger partial charge is 0.420 e. The van der Waals surface area contributed by atoms with E-state index in [1.807, 2.05) is 0 Å². The Morgan fingerprint density at radius 3 is 1.75 bits per heavy atom. The molecule has 0 aromatic carbocycles. The van der Waals surface area contributed by atoms with Gasteiger partial charge in [-0.1, -0.05) is 13.8 Å². The first-order valence-electron chi connectivity index (χ1n) is 3.65. The van der Waals surface area contributed by atoms with Gasteiger partial charge in [-0.3, -0.25) is 0 Å². The van der Waals surface area contributed by atoms with Crippen LogP contribution >= 0.6 is 0 Å². The summed E-state index contributed by atoms with van der Waals surface area (Å²) in [7, 11) is 0. The molecular weight excluding hydrogens is 174 g/mol. The second-order valence-corrected chi connectivity index (χ2v) is 3.82. The Balaban J connectivity index is 2.64. The number of hydrogen-bond acceptors (Lipinski definition) is 1. The molecule has 0 amide bonds. The summed E-state index contributed by atoms with van der Waals surface area (Å²) in [6.07, 6.45) is -7.54. The van der Waals surface area contributed by atoms with Crippen molar-refractivity contribution in [3.8, 4) is 0 Å². The van der Waals surface area contributed by atoms with Gasteiger partial charge < -0.3 is 5.73 Å². The molecule has 0 aromatic heterocycles. The maximum absolute atomic E-state index is 12.6. The van der Waals surface area contributed by atoms with Gasteiger partial charge in [-0.05, 0) is 5.41 Å². The Morgan fingerprint density at radius 1 is 1.33 bits per heavy atom. The predicted molar refractivity (Wildman–Crippen MR) is 36.2 cm³/mol. The summed E-state index contributed by atoms with van der Waals surface area (Å²) < 4.78 is 48.1. The number of nitrogens with two attached hydrogens (primary N) is 1. The Labute approximate surface area is 67.9 Å². The number of rotatable bonds is 1. The third-order valence-corrected chi connectivity index (χ3v) is 2.62. The second-order valence-electron chi connectivity index (χ2n) is 3.82. The van der Waals surface area contributed by atoms with Crippen molar-refractivity contribution in [3.63, 3.8) is 0 Å². The molecule has 1 nitrogen and oxygen atoms in total. The van der Waals surface area contributed by atoms with Crippen molar-refractivity contribution in [2.75, 3.05) is 0 Å². The van der Waals surface area contributed by atoms with Crippen molar-refractivity contribution >= 4 is 0 Å². The molecule has 1 aliphatic rings. The average Bonchev–Trinajstić information content (AvgIpc) is 2.30. The van der Waals surface area contributed by atoms with Crippen molar-refractivity contribution in [1.29, 1.82) is 0 Å². The maximum Gasteiger partial charge on any atom is 0.420 e. The zero-order chi connectivity index (χ0) is 9.73. The predicted octanol–water partition coefficient (Wildman–Crippen LogP) is 1.87. The van der Waals surface area contributed by atoms with Gasteiger partial charge in [0.2, 0.25) is 0 Å². The van der Waals surface area contributed by atoms with Gasteiger partial charge in [-0.2, -0.15) is 13.2 Å². The summed E-state index contributed by atoms with van der Waals surface area (Å²) in [5.41, 5.74) is 4.59. The van der Waals surface area contributed by atoms with Crippen molar-refractivity contribution in [3.05, 3.63) is 0 Å². The highest BCUT2D eigenvalue weighted by molar-refractivity contribution is 5.13. The second kappa shape index (κ2) is 2.34. The molecule has 1 aliphatic carbocycles. The molecule has 12 heavy (non-hydrogen) atoms. The van der Waals surface area contributed by atoms with Gasteiger partial charge in [0.05, 0.1) is 0 Å². The first-order chi connectivity index (χ1) is 5.19. The van der Waals surface area contributed by atoms with E-state index in [1.54, 1.807) is 13.8 Å². The van der Waals surface area contributed by atoms with Crippen LogP contribution in [0.4, 0.5) is 17.6 Å². The lowest BCUT2D eigenvalue weighted by Gasteiger charge is -2.12. The summed E-state index contributed by atoms with van der Waals surface area (Å²) in [6, 6.07) is -0.672. The van der Waals surface area contributed by atoms with E-state index in [0.29, 0.717) is 0 Å². The molecule has 0 bridgehead atoms. The van der Waals surface area contributed by atoms with Crippen LogP contribution in [0.1, 0.15) is 13.8 Å². The van der Waals surface area contributed by atoms with Gasteiger partial charge in [0.1, 0.15) is 0 Å². The zero-order valence-corrected chi connectivity index (χ0v) is 6.82. The van der Waals surface area contributed by atoms with E-state index in [2.05, 4.69) is 0 Å². The fraction of sp³-hybridized carbons (Fsp3) is 1.00. The van der Waals surface area contributed by atoms with E-state index in [4.69, 9.17) is 5.73 Å². The molecular formula is C7H11F4N.